The lowest BCUT2D eigenvalue weighted by molar-refractivity contribution is 0.239. The Hall–Kier alpha value is -1.53. The maximum Gasteiger partial charge on any atom is 0.160 e. The van der Waals surface area contributed by atoms with Gasteiger partial charge in [0.25, 0.3) is 0 Å². The number of ether oxygens (including phenoxy) is 1. The number of benzene rings is 1. The Balaban J connectivity index is 1.74. The van der Waals surface area contributed by atoms with Gasteiger partial charge in [-0.15, -0.1) is 0 Å². The van der Waals surface area contributed by atoms with Crippen molar-refractivity contribution in [2.24, 2.45) is 4.99 Å². The SMILES string of the molecule is CC[C@H]1CSC2=N[C@@H](c3ccccn3)[C@@H](c3ccc(OC(C)C)c(Br)c3)N21. The predicted octanol–water partition coefficient (Wildman–Crippen LogP) is 5.61. The summed E-state index contributed by atoms with van der Waals surface area (Å²) in [5, 5.41) is 1.15. The Morgan fingerprint density at radius 3 is 2.81 bits per heavy atom. The van der Waals surface area contributed by atoms with Crippen LogP contribution < -0.4 is 4.74 Å². The van der Waals surface area contributed by atoms with E-state index in [9.17, 15) is 0 Å². The zero-order chi connectivity index (χ0) is 19.0. The van der Waals surface area contributed by atoms with Crippen LogP contribution >= 0.6 is 27.7 Å². The number of rotatable bonds is 5. The molecule has 6 heteroatoms. The molecule has 0 aliphatic carbocycles. The number of hydrogen-bond acceptors (Lipinski definition) is 5. The maximum absolute atomic E-state index is 5.90. The minimum Gasteiger partial charge on any atom is -0.490 e. The van der Waals surface area contributed by atoms with Crippen molar-refractivity contribution in [2.45, 2.75) is 51.4 Å². The molecular weight excluding hydrogens is 422 g/mol. The van der Waals surface area contributed by atoms with Gasteiger partial charge in [0.05, 0.1) is 22.3 Å². The maximum atomic E-state index is 5.90. The summed E-state index contributed by atoms with van der Waals surface area (Å²) in [6.07, 6.45) is 3.12. The average Bonchev–Trinajstić information content (AvgIpc) is 3.22. The first kappa shape index (κ1) is 18.8. The standard InChI is InChI=1S/C21H24BrN3OS/c1-4-15-12-27-21-24-19(17-7-5-6-10-23-17)20(25(15)21)14-8-9-18(16(22)11-14)26-13(2)3/h5-11,13,15,19-20H,4,12H2,1-3H3/t15-,19-,20+/m0/s1. The highest BCUT2D eigenvalue weighted by molar-refractivity contribution is 9.10. The molecule has 0 amide bonds. The van der Waals surface area contributed by atoms with Crippen LogP contribution in [0.5, 0.6) is 5.75 Å². The molecule has 0 spiro atoms. The van der Waals surface area contributed by atoms with E-state index in [4.69, 9.17) is 9.73 Å². The second kappa shape index (κ2) is 7.84. The van der Waals surface area contributed by atoms with E-state index in [-0.39, 0.29) is 18.2 Å². The molecule has 1 saturated heterocycles. The predicted molar refractivity (Wildman–Crippen MR) is 115 cm³/mol. The van der Waals surface area contributed by atoms with Crippen LogP contribution in [0, 0.1) is 0 Å². The van der Waals surface area contributed by atoms with Gasteiger partial charge in [0, 0.05) is 18.0 Å². The van der Waals surface area contributed by atoms with Gasteiger partial charge in [-0.2, -0.15) is 0 Å². The van der Waals surface area contributed by atoms with Crippen molar-refractivity contribution in [1.29, 1.82) is 0 Å². The van der Waals surface area contributed by atoms with Crippen LogP contribution in [-0.2, 0) is 0 Å². The van der Waals surface area contributed by atoms with E-state index in [1.54, 1.807) is 0 Å². The Kier molecular flexibility index (Phi) is 5.46. The topological polar surface area (TPSA) is 37.7 Å². The first-order valence-electron chi connectivity index (χ1n) is 9.44. The van der Waals surface area contributed by atoms with Gasteiger partial charge < -0.3 is 9.64 Å². The van der Waals surface area contributed by atoms with Gasteiger partial charge in [-0.1, -0.05) is 30.8 Å². The van der Waals surface area contributed by atoms with E-state index in [2.05, 4.69) is 57.0 Å². The average molecular weight is 446 g/mol. The normalized spacial score (nSPS) is 24.3. The molecule has 142 valence electrons. The molecular formula is C21H24BrN3OS. The smallest absolute Gasteiger partial charge is 0.160 e. The minimum atomic E-state index is 0.0202. The number of hydrogen-bond donors (Lipinski definition) is 0. The third kappa shape index (κ3) is 3.61. The van der Waals surface area contributed by atoms with Crippen LogP contribution in [-0.4, -0.2) is 33.0 Å². The van der Waals surface area contributed by atoms with Crippen molar-refractivity contribution in [3.05, 3.63) is 58.3 Å². The van der Waals surface area contributed by atoms with E-state index < -0.39 is 0 Å². The minimum absolute atomic E-state index is 0.0202. The number of amidine groups is 1. The van der Waals surface area contributed by atoms with Gasteiger partial charge in [-0.05, 0) is 66.0 Å². The van der Waals surface area contributed by atoms with E-state index in [0.717, 1.165) is 33.3 Å². The quantitative estimate of drug-likeness (QED) is 0.598. The lowest BCUT2D eigenvalue weighted by atomic mass is 9.95. The molecule has 4 nitrogen and oxygen atoms in total. The van der Waals surface area contributed by atoms with Crippen molar-refractivity contribution < 1.29 is 4.74 Å². The van der Waals surface area contributed by atoms with Gasteiger partial charge in [-0.25, -0.2) is 0 Å². The molecule has 3 heterocycles. The molecule has 0 radical (unpaired) electrons. The first-order valence-corrected chi connectivity index (χ1v) is 11.2. The fourth-order valence-electron chi connectivity index (χ4n) is 3.76. The van der Waals surface area contributed by atoms with Crippen molar-refractivity contribution in [2.75, 3.05) is 5.75 Å². The Labute approximate surface area is 173 Å². The van der Waals surface area contributed by atoms with Gasteiger partial charge in [0.1, 0.15) is 11.8 Å². The summed E-state index contributed by atoms with van der Waals surface area (Å²) in [6, 6.07) is 13.2. The zero-order valence-corrected chi connectivity index (χ0v) is 18.2. The molecule has 2 aliphatic heterocycles. The molecule has 2 aliphatic rings. The fourth-order valence-corrected chi connectivity index (χ4v) is 5.59. The molecule has 2 aromatic rings. The summed E-state index contributed by atoms with van der Waals surface area (Å²) in [6.45, 7) is 6.35. The van der Waals surface area contributed by atoms with Crippen molar-refractivity contribution in [1.82, 2.24) is 9.88 Å². The summed E-state index contributed by atoms with van der Waals surface area (Å²) in [5.41, 5.74) is 2.27. The van der Waals surface area contributed by atoms with Crippen LogP contribution in [0.1, 0.15) is 50.5 Å². The summed E-state index contributed by atoms with van der Waals surface area (Å²) >= 11 is 5.57. The highest BCUT2D eigenvalue weighted by Crippen LogP contribution is 2.49. The van der Waals surface area contributed by atoms with E-state index in [0.29, 0.717) is 6.04 Å². The molecule has 27 heavy (non-hydrogen) atoms. The van der Waals surface area contributed by atoms with Crippen molar-refractivity contribution >= 4 is 32.9 Å². The molecule has 0 bridgehead atoms. The Morgan fingerprint density at radius 1 is 1.30 bits per heavy atom. The van der Waals surface area contributed by atoms with Crippen molar-refractivity contribution in [3.8, 4) is 5.75 Å². The highest BCUT2D eigenvalue weighted by Gasteiger charge is 2.45. The Bertz CT molecular complexity index is 843. The fraction of sp³-hybridized carbons (Fsp3) is 0.429. The number of fused-ring (bicyclic) bond motifs is 1. The van der Waals surface area contributed by atoms with E-state index >= 15 is 0 Å². The number of pyridine rings is 1. The third-order valence-electron chi connectivity index (χ3n) is 4.99. The van der Waals surface area contributed by atoms with Crippen LogP contribution in [0.15, 0.2) is 52.1 Å². The summed E-state index contributed by atoms with van der Waals surface area (Å²) in [5.74, 6) is 1.99. The summed E-state index contributed by atoms with van der Waals surface area (Å²) in [7, 11) is 0. The molecule has 0 saturated carbocycles. The molecule has 0 unspecified atom stereocenters. The molecule has 4 rings (SSSR count). The summed E-state index contributed by atoms with van der Waals surface area (Å²) < 4.78 is 6.89. The van der Waals surface area contributed by atoms with Gasteiger partial charge in [-0.3, -0.25) is 9.98 Å². The van der Waals surface area contributed by atoms with E-state index in [1.807, 2.05) is 43.9 Å². The molecule has 1 aromatic carbocycles. The number of aromatic nitrogens is 1. The second-order valence-corrected chi connectivity index (χ2v) is 9.03. The third-order valence-corrected chi connectivity index (χ3v) is 6.74. The molecule has 1 aromatic heterocycles. The van der Waals surface area contributed by atoms with Crippen LogP contribution in [0.2, 0.25) is 0 Å². The van der Waals surface area contributed by atoms with Crippen LogP contribution in [0.25, 0.3) is 0 Å². The molecule has 3 atom stereocenters. The van der Waals surface area contributed by atoms with Gasteiger partial charge in [0.2, 0.25) is 0 Å². The monoisotopic (exact) mass is 445 g/mol. The number of nitrogens with zero attached hydrogens (tertiary/aromatic N) is 3. The molecule has 1 fully saturated rings. The molecule has 0 N–H and O–H groups in total. The first-order chi connectivity index (χ1) is 13.1. The van der Waals surface area contributed by atoms with Crippen LogP contribution in [0.3, 0.4) is 0 Å². The van der Waals surface area contributed by atoms with Gasteiger partial charge >= 0.3 is 0 Å². The number of halogens is 1. The second-order valence-electron chi connectivity index (χ2n) is 7.19. The van der Waals surface area contributed by atoms with E-state index in [1.165, 1.54) is 5.56 Å². The summed E-state index contributed by atoms with van der Waals surface area (Å²) in [4.78, 5) is 12.2. The highest BCUT2D eigenvalue weighted by atomic mass is 79.9. The lowest BCUT2D eigenvalue weighted by Crippen LogP contribution is -2.35. The number of aliphatic imine (C=N–C) groups is 1. The zero-order valence-electron chi connectivity index (χ0n) is 15.8. The lowest BCUT2D eigenvalue weighted by Gasteiger charge is -2.32. The largest absolute Gasteiger partial charge is 0.490 e. The number of thioether (sulfide) groups is 1. The van der Waals surface area contributed by atoms with Crippen LogP contribution in [0.4, 0.5) is 0 Å². The van der Waals surface area contributed by atoms with Crippen molar-refractivity contribution in [3.63, 3.8) is 0 Å². The Morgan fingerprint density at radius 2 is 2.15 bits per heavy atom. The van der Waals surface area contributed by atoms with Gasteiger partial charge in [0.15, 0.2) is 5.17 Å².